The van der Waals surface area contributed by atoms with Gasteiger partial charge in [-0.15, -0.1) is 0 Å². The smallest absolute Gasteiger partial charge is 0.266 e. The van der Waals surface area contributed by atoms with E-state index in [4.69, 9.17) is 28.2 Å². The molecule has 0 bridgehead atoms. The number of aryl methyl sites for hydroxylation is 1. The fourth-order valence-electron chi connectivity index (χ4n) is 4.16. The van der Waals surface area contributed by atoms with Gasteiger partial charge in [0.05, 0.1) is 32.7 Å². The van der Waals surface area contributed by atoms with E-state index in [-0.39, 0.29) is 11.5 Å². The maximum absolute atomic E-state index is 13.7. The van der Waals surface area contributed by atoms with Crippen LogP contribution in [0.15, 0.2) is 71.5 Å². The molecule has 1 atom stereocenters. The first-order valence-corrected chi connectivity index (χ1v) is 12.0. The van der Waals surface area contributed by atoms with E-state index >= 15 is 0 Å². The predicted octanol–water partition coefficient (Wildman–Crippen LogP) is 6.61. The number of hydrogen-bond acceptors (Lipinski definition) is 3. The number of para-hydroxylation sites is 1. The Morgan fingerprint density at radius 2 is 1.71 bits per heavy atom. The van der Waals surface area contributed by atoms with Gasteiger partial charge in [-0.05, 0) is 62.7 Å². The van der Waals surface area contributed by atoms with Crippen molar-refractivity contribution in [3.63, 3.8) is 0 Å². The van der Waals surface area contributed by atoms with Crippen molar-refractivity contribution in [3.8, 4) is 5.69 Å². The lowest BCUT2D eigenvalue weighted by atomic mass is 10.1. The monoisotopic (exact) mass is 493 g/mol. The first-order valence-electron chi connectivity index (χ1n) is 11.2. The molecule has 0 fully saturated rings. The lowest BCUT2D eigenvalue weighted by molar-refractivity contribution is 0.0672. The summed E-state index contributed by atoms with van der Waals surface area (Å²) in [5.74, 6) is 0.316. The lowest BCUT2D eigenvalue weighted by Crippen LogP contribution is -2.38. The third-order valence-electron chi connectivity index (χ3n) is 5.92. The summed E-state index contributed by atoms with van der Waals surface area (Å²) >= 11 is 12.2. The summed E-state index contributed by atoms with van der Waals surface area (Å²) in [6.45, 7) is 6.31. The fraction of sp³-hybridized carbons (Fsp3) is 0.222. The van der Waals surface area contributed by atoms with E-state index in [0.717, 1.165) is 5.56 Å². The van der Waals surface area contributed by atoms with E-state index < -0.39 is 6.04 Å². The van der Waals surface area contributed by atoms with Gasteiger partial charge in [0, 0.05) is 12.1 Å². The van der Waals surface area contributed by atoms with Gasteiger partial charge < -0.3 is 4.90 Å². The SMILES string of the molecule is CCC(c1nc2ccccc2c(=O)n1-c1ccc(C)cc1)N(CC)C(=O)c1ccc(Cl)c(Cl)c1. The highest BCUT2D eigenvalue weighted by atomic mass is 35.5. The van der Waals surface area contributed by atoms with Gasteiger partial charge in [-0.25, -0.2) is 4.98 Å². The topological polar surface area (TPSA) is 55.2 Å². The molecule has 0 aliphatic carbocycles. The number of fused-ring (bicyclic) bond motifs is 1. The number of nitrogens with zero attached hydrogens (tertiary/aromatic N) is 3. The molecule has 1 heterocycles. The quantitative estimate of drug-likeness (QED) is 0.303. The number of carbonyl (C=O) groups is 1. The Morgan fingerprint density at radius 3 is 2.35 bits per heavy atom. The minimum atomic E-state index is -0.439. The summed E-state index contributed by atoms with van der Waals surface area (Å²) in [6.07, 6.45) is 0.567. The Kier molecular flexibility index (Phi) is 7.05. The molecule has 7 heteroatoms. The molecule has 0 saturated heterocycles. The molecule has 4 rings (SSSR count). The van der Waals surface area contributed by atoms with Crippen LogP contribution < -0.4 is 5.56 Å². The Labute approximate surface area is 208 Å². The Balaban J connectivity index is 1.92. The summed E-state index contributed by atoms with van der Waals surface area (Å²) in [6, 6.07) is 19.4. The van der Waals surface area contributed by atoms with Crippen molar-refractivity contribution in [2.75, 3.05) is 6.54 Å². The summed E-state index contributed by atoms with van der Waals surface area (Å²) in [7, 11) is 0. The highest BCUT2D eigenvalue weighted by molar-refractivity contribution is 6.42. The molecule has 4 aromatic rings. The van der Waals surface area contributed by atoms with Gasteiger partial charge in [-0.2, -0.15) is 0 Å². The van der Waals surface area contributed by atoms with Crippen molar-refractivity contribution < 1.29 is 4.79 Å². The van der Waals surface area contributed by atoms with Crippen molar-refractivity contribution in [3.05, 3.63) is 104 Å². The maximum Gasteiger partial charge on any atom is 0.266 e. The molecule has 5 nitrogen and oxygen atoms in total. The average Bonchev–Trinajstić information content (AvgIpc) is 2.84. The number of aromatic nitrogens is 2. The van der Waals surface area contributed by atoms with Crippen LogP contribution in [0.3, 0.4) is 0 Å². The molecular formula is C27H25Cl2N3O2. The van der Waals surface area contributed by atoms with Gasteiger partial charge in [0.15, 0.2) is 0 Å². The van der Waals surface area contributed by atoms with Crippen LogP contribution >= 0.6 is 23.2 Å². The summed E-state index contributed by atoms with van der Waals surface area (Å²) in [5, 5.41) is 1.23. The third kappa shape index (κ3) is 4.46. The lowest BCUT2D eigenvalue weighted by Gasteiger charge is -2.31. The van der Waals surface area contributed by atoms with Gasteiger partial charge >= 0.3 is 0 Å². The van der Waals surface area contributed by atoms with Crippen LogP contribution in [0.4, 0.5) is 0 Å². The number of carbonyl (C=O) groups excluding carboxylic acids is 1. The molecule has 0 radical (unpaired) electrons. The average molecular weight is 494 g/mol. The molecule has 174 valence electrons. The molecular weight excluding hydrogens is 469 g/mol. The van der Waals surface area contributed by atoms with E-state index in [1.54, 1.807) is 33.7 Å². The van der Waals surface area contributed by atoms with Crippen molar-refractivity contribution in [2.24, 2.45) is 0 Å². The highest BCUT2D eigenvalue weighted by Gasteiger charge is 2.29. The van der Waals surface area contributed by atoms with Gasteiger partial charge in [0.1, 0.15) is 5.82 Å². The zero-order valence-electron chi connectivity index (χ0n) is 19.3. The second kappa shape index (κ2) is 10.00. The van der Waals surface area contributed by atoms with E-state index in [9.17, 15) is 9.59 Å². The Morgan fingerprint density at radius 1 is 1.00 bits per heavy atom. The second-order valence-corrected chi connectivity index (χ2v) is 8.92. The Hall–Kier alpha value is -3.15. The molecule has 0 aliphatic heterocycles. The predicted molar refractivity (Wildman–Crippen MR) is 138 cm³/mol. The zero-order valence-corrected chi connectivity index (χ0v) is 20.8. The molecule has 3 aromatic carbocycles. The van der Waals surface area contributed by atoms with E-state index in [0.29, 0.717) is 51.0 Å². The molecule has 1 amide bonds. The molecule has 0 spiro atoms. The minimum Gasteiger partial charge on any atom is -0.329 e. The molecule has 1 aromatic heterocycles. The van der Waals surface area contributed by atoms with Crippen LogP contribution in [-0.2, 0) is 0 Å². The van der Waals surface area contributed by atoms with E-state index in [2.05, 4.69) is 0 Å². The molecule has 0 aliphatic rings. The summed E-state index contributed by atoms with van der Waals surface area (Å²) in [4.78, 5) is 33.9. The van der Waals surface area contributed by atoms with Gasteiger partial charge in [-0.3, -0.25) is 14.2 Å². The van der Waals surface area contributed by atoms with Crippen LogP contribution in [-0.4, -0.2) is 26.9 Å². The zero-order chi connectivity index (χ0) is 24.4. The highest BCUT2D eigenvalue weighted by Crippen LogP contribution is 2.29. The maximum atomic E-state index is 13.7. The standard InChI is InChI=1S/C27H25Cl2N3O2/c1-4-24(31(5-2)26(33)18-12-15-21(28)22(29)16-18)25-30-23-9-7-6-8-20(23)27(34)32(25)19-13-10-17(3)11-14-19/h6-16,24H,4-5H2,1-3H3. The van der Waals surface area contributed by atoms with Crippen LogP contribution in [0, 0.1) is 6.92 Å². The van der Waals surface area contributed by atoms with E-state index in [1.165, 1.54) is 0 Å². The molecule has 1 unspecified atom stereocenters. The number of halogens is 2. The van der Waals surface area contributed by atoms with Gasteiger partial charge in [-0.1, -0.05) is 60.0 Å². The molecule has 0 N–H and O–H groups in total. The minimum absolute atomic E-state index is 0.166. The van der Waals surface area contributed by atoms with Crippen LogP contribution in [0.25, 0.3) is 16.6 Å². The summed E-state index contributed by atoms with van der Waals surface area (Å²) < 4.78 is 1.63. The molecule has 34 heavy (non-hydrogen) atoms. The van der Waals surface area contributed by atoms with Crippen molar-refractivity contribution in [1.82, 2.24) is 14.5 Å². The van der Waals surface area contributed by atoms with Crippen molar-refractivity contribution in [2.45, 2.75) is 33.2 Å². The number of hydrogen-bond donors (Lipinski definition) is 0. The Bertz CT molecular complexity index is 1410. The first-order chi connectivity index (χ1) is 16.3. The fourth-order valence-corrected chi connectivity index (χ4v) is 4.46. The number of benzene rings is 3. The third-order valence-corrected chi connectivity index (χ3v) is 6.66. The van der Waals surface area contributed by atoms with Crippen LogP contribution in [0.1, 0.15) is 48.1 Å². The van der Waals surface area contributed by atoms with Gasteiger partial charge in [0.25, 0.3) is 11.5 Å². The van der Waals surface area contributed by atoms with E-state index in [1.807, 2.05) is 63.2 Å². The largest absolute Gasteiger partial charge is 0.329 e. The normalized spacial score (nSPS) is 12.0. The number of rotatable bonds is 6. The van der Waals surface area contributed by atoms with Crippen LogP contribution in [0.5, 0.6) is 0 Å². The molecule has 0 saturated carbocycles. The van der Waals surface area contributed by atoms with Gasteiger partial charge in [0.2, 0.25) is 0 Å². The second-order valence-electron chi connectivity index (χ2n) is 8.11. The van der Waals surface area contributed by atoms with Crippen molar-refractivity contribution >= 4 is 40.0 Å². The van der Waals surface area contributed by atoms with Crippen LogP contribution in [0.2, 0.25) is 10.0 Å². The first kappa shape index (κ1) is 24.0. The van der Waals surface area contributed by atoms with Crippen molar-refractivity contribution in [1.29, 1.82) is 0 Å². The summed E-state index contributed by atoms with van der Waals surface area (Å²) in [5.41, 5.74) is 2.66. The number of amides is 1.